The van der Waals surface area contributed by atoms with Crippen LogP contribution >= 0.6 is 0 Å². The van der Waals surface area contributed by atoms with Crippen LogP contribution in [0.2, 0.25) is 0 Å². The van der Waals surface area contributed by atoms with Crippen LogP contribution in [-0.2, 0) is 12.5 Å². The zero-order valence-corrected chi connectivity index (χ0v) is 11.9. The van der Waals surface area contributed by atoms with Crippen LogP contribution in [-0.4, -0.2) is 9.78 Å². The first-order chi connectivity index (χ1) is 8.86. The topological polar surface area (TPSA) is 43.8 Å². The summed E-state index contributed by atoms with van der Waals surface area (Å²) in [5, 5.41) is 4.55. The number of nitrogens with two attached hydrogens (primary N) is 1. The van der Waals surface area contributed by atoms with Crippen molar-refractivity contribution in [3.8, 4) is 11.1 Å². The number of anilines is 1. The lowest BCUT2D eigenvalue weighted by Crippen LogP contribution is -2.17. The summed E-state index contributed by atoms with van der Waals surface area (Å²) in [5.74, 6) is 0.366. The van der Waals surface area contributed by atoms with Crippen molar-refractivity contribution in [3.05, 3.63) is 35.8 Å². The van der Waals surface area contributed by atoms with Crippen molar-refractivity contribution in [1.82, 2.24) is 9.78 Å². The second-order valence-electron chi connectivity index (χ2n) is 5.48. The predicted octanol–water partition coefficient (Wildman–Crippen LogP) is 3.50. The molecule has 0 amide bonds. The third-order valence-electron chi connectivity index (χ3n) is 3.75. The molecule has 1 heterocycles. The van der Waals surface area contributed by atoms with Crippen molar-refractivity contribution < 1.29 is 4.39 Å². The van der Waals surface area contributed by atoms with Gasteiger partial charge in [0, 0.05) is 18.0 Å². The number of hydrogen-bond donors (Lipinski definition) is 1. The molecule has 0 saturated carbocycles. The molecule has 0 aliphatic rings. The molecule has 2 aromatic rings. The van der Waals surface area contributed by atoms with Crippen molar-refractivity contribution in [1.29, 1.82) is 0 Å². The van der Waals surface area contributed by atoms with E-state index in [0.717, 1.165) is 23.2 Å². The normalized spacial score (nSPS) is 11.8. The lowest BCUT2D eigenvalue weighted by Gasteiger charge is -2.21. The van der Waals surface area contributed by atoms with Gasteiger partial charge in [0.15, 0.2) is 0 Å². The van der Waals surface area contributed by atoms with E-state index in [1.807, 2.05) is 7.05 Å². The molecule has 102 valence electrons. The van der Waals surface area contributed by atoms with Crippen LogP contribution in [0.25, 0.3) is 11.1 Å². The van der Waals surface area contributed by atoms with Gasteiger partial charge >= 0.3 is 0 Å². The number of rotatable bonds is 3. The van der Waals surface area contributed by atoms with Gasteiger partial charge in [-0.25, -0.2) is 4.39 Å². The first-order valence-corrected chi connectivity index (χ1v) is 6.45. The minimum atomic E-state index is -0.248. The van der Waals surface area contributed by atoms with Gasteiger partial charge in [0.25, 0.3) is 0 Å². The summed E-state index contributed by atoms with van der Waals surface area (Å²) in [6.45, 7) is 6.41. The molecule has 0 unspecified atom stereocenters. The van der Waals surface area contributed by atoms with E-state index in [9.17, 15) is 4.39 Å². The van der Waals surface area contributed by atoms with Crippen molar-refractivity contribution in [2.45, 2.75) is 32.6 Å². The van der Waals surface area contributed by atoms with Gasteiger partial charge in [-0.3, -0.25) is 4.68 Å². The highest BCUT2D eigenvalue weighted by atomic mass is 19.1. The highest BCUT2D eigenvalue weighted by Crippen LogP contribution is 2.37. The molecule has 0 aliphatic carbocycles. The van der Waals surface area contributed by atoms with Gasteiger partial charge in [-0.15, -0.1) is 0 Å². The maximum Gasteiger partial charge on any atom is 0.129 e. The lowest BCUT2D eigenvalue weighted by molar-refractivity contribution is 0.483. The zero-order chi connectivity index (χ0) is 14.2. The SMILES string of the molecule is CCC(C)(C)c1nn(C)c(N)c1-c1ccc(F)cc1. The Morgan fingerprint density at radius 1 is 1.26 bits per heavy atom. The van der Waals surface area contributed by atoms with E-state index in [2.05, 4.69) is 25.9 Å². The van der Waals surface area contributed by atoms with Gasteiger partial charge in [-0.1, -0.05) is 32.9 Å². The van der Waals surface area contributed by atoms with Gasteiger partial charge in [0.1, 0.15) is 11.6 Å². The molecule has 0 saturated heterocycles. The zero-order valence-electron chi connectivity index (χ0n) is 11.9. The Kier molecular flexibility index (Phi) is 3.35. The fourth-order valence-electron chi connectivity index (χ4n) is 2.08. The Labute approximate surface area is 113 Å². The van der Waals surface area contributed by atoms with E-state index in [4.69, 9.17) is 5.73 Å². The summed E-state index contributed by atoms with van der Waals surface area (Å²) in [7, 11) is 1.83. The van der Waals surface area contributed by atoms with Gasteiger partial charge in [0.2, 0.25) is 0 Å². The van der Waals surface area contributed by atoms with Gasteiger partial charge in [0.05, 0.1) is 5.69 Å². The Balaban J connectivity index is 2.65. The minimum absolute atomic E-state index is 0.0703. The van der Waals surface area contributed by atoms with Crippen LogP contribution in [0.15, 0.2) is 24.3 Å². The average molecular weight is 261 g/mol. The number of aromatic nitrogens is 2. The Morgan fingerprint density at radius 3 is 2.37 bits per heavy atom. The Hall–Kier alpha value is -1.84. The molecular weight excluding hydrogens is 241 g/mol. The maximum absolute atomic E-state index is 13.1. The molecule has 0 fully saturated rings. The van der Waals surface area contributed by atoms with E-state index in [1.165, 1.54) is 12.1 Å². The van der Waals surface area contributed by atoms with Crippen LogP contribution in [0, 0.1) is 5.82 Å². The number of benzene rings is 1. The molecule has 0 bridgehead atoms. The van der Waals surface area contributed by atoms with Crippen LogP contribution in [0.5, 0.6) is 0 Å². The van der Waals surface area contributed by atoms with Crippen LogP contribution in [0.3, 0.4) is 0 Å². The number of halogens is 1. The molecule has 19 heavy (non-hydrogen) atoms. The smallest absolute Gasteiger partial charge is 0.129 e. The van der Waals surface area contributed by atoms with Crippen LogP contribution in [0.4, 0.5) is 10.2 Å². The van der Waals surface area contributed by atoms with Gasteiger partial charge < -0.3 is 5.73 Å². The maximum atomic E-state index is 13.1. The summed E-state index contributed by atoms with van der Waals surface area (Å²) < 4.78 is 14.7. The molecule has 0 spiro atoms. The van der Waals surface area contributed by atoms with E-state index in [0.29, 0.717) is 5.82 Å². The highest BCUT2D eigenvalue weighted by molar-refractivity contribution is 5.77. The molecule has 0 radical (unpaired) electrons. The molecule has 2 N–H and O–H groups in total. The third-order valence-corrected chi connectivity index (χ3v) is 3.75. The second kappa shape index (κ2) is 4.68. The molecule has 1 aromatic heterocycles. The largest absolute Gasteiger partial charge is 0.383 e. The van der Waals surface area contributed by atoms with Gasteiger partial charge in [-0.05, 0) is 24.1 Å². The number of aryl methyl sites for hydroxylation is 1. The van der Waals surface area contributed by atoms with E-state index in [-0.39, 0.29) is 11.2 Å². The Bertz CT molecular complexity index is 582. The molecule has 2 rings (SSSR count). The fourth-order valence-corrected chi connectivity index (χ4v) is 2.08. The molecule has 3 nitrogen and oxygen atoms in total. The monoisotopic (exact) mass is 261 g/mol. The van der Waals surface area contributed by atoms with Crippen LogP contribution in [0.1, 0.15) is 32.9 Å². The standard InChI is InChI=1S/C15H20FN3/c1-5-15(2,3)13-12(14(17)19(4)18-13)10-6-8-11(16)9-7-10/h6-9H,5,17H2,1-4H3. The average Bonchev–Trinajstić information content (AvgIpc) is 2.68. The predicted molar refractivity (Wildman–Crippen MR) is 76.3 cm³/mol. The fraction of sp³-hybridized carbons (Fsp3) is 0.400. The number of nitrogen functional groups attached to an aromatic ring is 1. The summed E-state index contributed by atoms with van der Waals surface area (Å²) >= 11 is 0. The van der Waals surface area contributed by atoms with Crippen LogP contribution < -0.4 is 5.73 Å². The third kappa shape index (κ3) is 2.35. The first-order valence-electron chi connectivity index (χ1n) is 6.45. The molecule has 1 aromatic carbocycles. The summed E-state index contributed by atoms with van der Waals surface area (Å²) in [6, 6.07) is 6.39. The molecule has 0 aliphatic heterocycles. The quantitative estimate of drug-likeness (QED) is 0.919. The summed E-state index contributed by atoms with van der Waals surface area (Å²) in [6.07, 6.45) is 0.956. The molecular formula is C15H20FN3. The van der Waals surface area contributed by atoms with Crippen molar-refractivity contribution in [2.75, 3.05) is 5.73 Å². The van der Waals surface area contributed by atoms with E-state index in [1.54, 1.807) is 16.8 Å². The first kappa shape index (κ1) is 13.6. The summed E-state index contributed by atoms with van der Waals surface area (Å²) in [4.78, 5) is 0. The molecule has 0 atom stereocenters. The van der Waals surface area contributed by atoms with E-state index >= 15 is 0 Å². The van der Waals surface area contributed by atoms with Crippen molar-refractivity contribution >= 4 is 5.82 Å². The van der Waals surface area contributed by atoms with E-state index < -0.39 is 0 Å². The lowest BCUT2D eigenvalue weighted by atomic mass is 9.83. The number of hydrogen-bond acceptors (Lipinski definition) is 2. The molecule has 4 heteroatoms. The second-order valence-corrected chi connectivity index (χ2v) is 5.48. The highest BCUT2D eigenvalue weighted by Gasteiger charge is 2.28. The Morgan fingerprint density at radius 2 is 1.84 bits per heavy atom. The minimum Gasteiger partial charge on any atom is -0.383 e. The summed E-state index contributed by atoms with van der Waals surface area (Å²) in [5.41, 5.74) is 8.84. The van der Waals surface area contributed by atoms with Gasteiger partial charge in [-0.2, -0.15) is 5.10 Å². The van der Waals surface area contributed by atoms with Crippen molar-refractivity contribution in [2.24, 2.45) is 7.05 Å². The van der Waals surface area contributed by atoms with Crippen molar-refractivity contribution in [3.63, 3.8) is 0 Å². The number of nitrogens with zero attached hydrogens (tertiary/aromatic N) is 2.